The Morgan fingerprint density at radius 1 is 1.06 bits per heavy atom. The average Bonchev–Trinajstić information content (AvgIpc) is 3.21. The number of hydrogen-bond donors (Lipinski definition) is 1. The highest BCUT2D eigenvalue weighted by Gasteiger charge is 2.40. The lowest BCUT2D eigenvalue weighted by molar-refractivity contribution is -0.137. The Kier molecular flexibility index (Phi) is 6.84. The van der Waals surface area contributed by atoms with Gasteiger partial charge in [0.2, 0.25) is 11.8 Å². The van der Waals surface area contributed by atoms with Crippen LogP contribution in [0.25, 0.3) is 11.1 Å². The minimum Gasteiger partial charge on any atom is -0.381 e. The maximum Gasteiger partial charge on any atom is 0.226 e. The molecule has 170 valence electrons. The average molecular weight is 443 g/mol. The van der Waals surface area contributed by atoms with Gasteiger partial charge in [0.25, 0.3) is 0 Å². The first-order valence-electron chi connectivity index (χ1n) is 11.2. The van der Waals surface area contributed by atoms with Crippen LogP contribution in [0.1, 0.15) is 31.2 Å². The fourth-order valence-corrected chi connectivity index (χ4v) is 4.61. The van der Waals surface area contributed by atoms with E-state index >= 15 is 0 Å². The van der Waals surface area contributed by atoms with Crippen LogP contribution in [0.15, 0.2) is 42.5 Å². The molecule has 2 fully saturated rings. The van der Waals surface area contributed by atoms with E-state index in [2.05, 4.69) is 5.32 Å². The quantitative estimate of drug-likeness (QED) is 0.711. The van der Waals surface area contributed by atoms with E-state index in [-0.39, 0.29) is 11.8 Å². The summed E-state index contributed by atoms with van der Waals surface area (Å²) in [5.74, 6) is -1.64. The summed E-state index contributed by atoms with van der Waals surface area (Å²) in [5.41, 5.74) is 1.72. The number of carbonyl (C=O) groups excluding carboxylic acids is 2. The lowest BCUT2D eigenvalue weighted by atomic mass is 9.74. The van der Waals surface area contributed by atoms with Gasteiger partial charge in [-0.15, -0.1) is 0 Å². The van der Waals surface area contributed by atoms with Gasteiger partial charge < -0.3 is 15.0 Å². The monoisotopic (exact) mass is 442 g/mol. The Balaban J connectivity index is 1.47. The van der Waals surface area contributed by atoms with E-state index < -0.39 is 17.0 Å². The molecule has 2 amide bonds. The van der Waals surface area contributed by atoms with Crippen molar-refractivity contribution in [1.29, 1.82) is 0 Å². The van der Waals surface area contributed by atoms with Crippen LogP contribution in [-0.2, 0) is 20.7 Å². The van der Waals surface area contributed by atoms with E-state index in [4.69, 9.17) is 4.74 Å². The van der Waals surface area contributed by atoms with E-state index in [1.807, 2.05) is 24.3 Å². The Morgan fingerprint density at radius 2 is 1.84 bits per heavy atom. The molecule has 2 heterocycles. The van der Waals surface area contributed by atoms with Crippen LogP contribution in [0.4, 0.5) is 8.78 Å². The standard InChI is InChI=1S/C25H28F2N2O3/c26-21-7-6-20(16-22(21)27)19-4-1-3-18(15-19)17-25(8-13-32-14-9-25)24(31)28-10-12-29-11-2-5-23(29)30/h1,3-4,6-7,15-16H,2,5,8-14,17H2,(H,28,31). The number of likely N-dealkylation sites (tertiary alicyclic amines) is 1. The van der Waals surface area contributed by atoms with Crippen molar-refractivity contribution in [3.8, 4) is 11.1 Å². The van der Waals surface area contributed by atoms with E-state index in [1.54, 1.807) is 11.0 Å². The summed E-state index contributed by atoms with van der Waals surface area (Å²) in [4.78, 5) is 26.8. The van der Waals surface area contributed by atoms with Crippen LogP contribution in [0, 0.1) is 17.0 Å². The molecule has 0 aromatic heterocycles. The third-order valence-electron chi connectivity index (χ3n) is 6.49. The van der Waals surface area contributed by atoms with Crippen LogP contribution in [0.2, 0.25) is 0 Å². The molecule has 0 spiro atoms. The number of amides is 2. The lowest BCUT2D eigenvalue weighted by Crippen LogP contribution is -2.48. The molecule has 0 saturated carbocycles. The van der Waals surface area contributed by atoms with Crippen molar-refractivity contribution in [2.24, 2.45) is 5.41 Å². The second-order valence-electron chi connectivity index (χ2n) is 8.64. The van der Waals surface area contributed by atoms with Gasteiger partial charge in [0.1, 0.15) is 0 Å². The van der Waals surface area contributed by atoms with Crippen molar-refractivity contribution in [3.05, 3.63) is 59.7 Å². The number of nitrogens with one attached hydrogen (secondary N) is 1. The van der Waals surface area contributed by atoms with E-state index in [9.17, 15) is 18.4 Å². The van der Waals surface area contributed by atoms with Crippen molar-refractivity contribution >= 4 is 11.8 Å². The molecule has 0 bridgehead atoms. The molecule has 1 N–H and O–H groups in total. The minimum absolute atomic E-state index is 0.0225. The molecular formula is C25H28F2N2O3. The third kappa shape index (κ3) is 4.99. The van der Waals surface area contributed by atoms with Gasteiger partial charge in [-0.05, 0) is 54.5 Å². The summed E-state index contributed by atoms with van der Waals surface area (Å²) >= 11 is 0. The van der Waals surface area contributed by atoms with E-state index in [0.29, 0.717) is 57.6 Å². The summed E-state index contributed by atoms with van der Waals surface area (Å²) in [7, 11) is 0. The number of rotatable bonds is 7. The summed E-state index contributed by atoms with van der Waals surface area (Å²) < 4.78 is 32.5. The minimum atomic E-state index is -0.885. The molecule has 2 aliphatic rings. The van der Waals surface area contributed by atoms with Gasteiger partial charge in [-0.1, -0.05) is 30.3 Å². The summed E-state index contributed by atoms with van der Waals surface area (Å²) in [6.45, 7) is 2.75. The zero-order valence-corrected chi connectivity index (χ0v) is 18.0. The topological polar surface area (TPSA) is 58.6 Å². The van der Waals surface area contributed by atoms with Crippen LogP contribution >= 0.6 is 0 Å². The molecule has 0 aliphatic carbocycles. The SMILES string of the molecule is O=C1CCCN1CCNC(=O)C1(Cc2cccc(-c3ccc(F)c(F)c3)c2)CCOCC1. The number of nitrogens with zero attached hydrogens (tertiary/aromatic N) is 1. The maximum absolute atomic E-state index is 13.7. The zero-order chi connectivity index (χ0) is 22.6. The molecule has 0 unspecified atom stereocenters. The van der Waals surface area contributed by atoms with Gasteiger partial charge in [-0.2, -0.15) is 0 Å². The maximum atomic E-state index is 13.7. The molecule has 2 aliphatic heterocycles. The summed E-state index contributed by atoms with van der Waals surface area (Å²) in [6, 6.07) is 11.5. The van der Waals surface area contributed by atoms with Crippen LogP contribution < -0.4 is 5.32 Å². The van der Waals surface area contributed by atoms with Gasteiger partial charge in [0, 0.05) is 39.3 Å². The third-order valence-corrected chi connectivity index (χ3v) is 6.49. The fourth-order valence-electron chi connectivity index (χ4n) is 4.61. The second kappa shape index (κ2) is 9.77. The summed E-state index contributed by atoms with van der Waals surface area (Å²) in [6.07, 6.45) is 3.21. The first-order chi connectivity index (χ1) is 15.5. The van der Waals surface area contributed by atoms with Gasteiger partial charge in [-0.3, -0.25) is 9.59 Å². The van der Waals surface area contributed by atoms with Gasteiger partial charge in [0.05, 0.1) is 5.41 Å². The predicted octanol–water partition coefficient (Wildman–Crippen LogP) is 3.71. The first kappa shape index (κ1) is 22.4. The molecule has 4 rings (SSSR count). The second-order valence-corrected chi connectivity index (χ2v) is 8.64. The molecule has 7 heteroatoms. The number of benzene rings is 2. The summed E-state index contributed by atoms with van der Waals surface area (Å²) in [5, 5.41) is 3.04. The fraction of sp³-hybridized carbons (Fsp3) is 0.440. The Labute approximate surface area is 186 Å². The highest BCUT2D eigenvalue weighted by Crippen LogP contribution is 2.36. The van der Waals surface area contributed by atoms with Crippen molar-refractivity contribution in [2.45, 2.75) is 32.1 Å². The highest BCUT2D eigenvalue weighted by molar-refractivity contribution is 5.83. The number of carbonyl (C=O) groups is 2. The number of hydrogen-bond acceptors (Lipinski definition) is 3. The van der Waals surface area contributed by atoms with E-state index in [0.717, 1.165) is 30.2 Å². The first-order valence-corrected chi connectivity index (χ1v) is 11.2. The molecule has 2 saturated heterocycles. The smallest absolute Gasteiger partial charge is 0.226 e. The van der Waals surface area contributed by atoms with Gasteiger partial charge in [-0.25, -0.2) is 8.78 Å². The number of ether oxygens (including phenoxy) is 1. The van der Waals surface area contributed by atoms with Crippen LogP contribution in [0.3, 0.4) is 0 Å². The molecular weight excluding hydrogens is 414 g/mol. The van der Waals surface area contributed by atoms with Crippen molar-refractivity contribution in [2.75, 3.05) is 32.8 Å². The normalized spacial score (nSPS) is 18.1. The lowest BCUT2D eigenvalue weighted by Gasteiger charge is -2.36. The molecule has 5 nitrogen and oxygen atoms in total. The van der Waals surface area contributed by atoms with Gasteiger partial charge in [0.15, 0.2) is 11.6 Å². The van der Waals surface area contributed by atoms with E-state index in [1.165, 1.54) is 6.07 Å². The van der Waals surface area contributed by atoms with Crippen molar-refractivity contribution < 1.29 is 23.1 Å². The Morgan fingerprint density at radius 3 is 2.56 bits per heavy atom. The molecule has 2 aromatic carbocycles. The van der Waals surface area contributed by atoms with Crippen molar-refractivity contribution in [3.63, 3.8) is 0 Å². The number of halogens is 2. The molecule has 32 heavy (non-hydrogen) atoms. The highest BCUT2D eigenvalue weighted by atomic mass is 19.2. The van der Waals surface area contributed by atoms with Gasteiger partial charge >= 0.3 is 0 Å². The zero-order valence-electron chi connectivity index (χ0n) is 18.0. The molecule has 0 atom stereocenters. The Bertz CT molecular complexity index is 989. The van der Waals surface area contributed by atoms with Crippen LogP contribution in [0.5, 0.6) is 0 Å². The Hall–Kier alpha value is -2.80. The van der Waals surface area contributed by atoms with Crippen LogP contribution in [-0.4, -0.2) is 49.6 Å². The van der Waals surface area contributed by atoms with Crippen molar-refractivity contribution in [1.82, 2.24) is 10.2 Å². The molecule has 2 aromatic rings. The predicted molar refractivity (Wildman–Crippen MR) is 117 cm³/mol. The molecule has 0 radical (unpaired) electrons. The largest absolute Gasteiger partial charge is 0.381 e.